The van der Waals surface area contributed by atoms with E-state index in [2.05, 4.69) is 11.9 Å². The average Bonchev–Trinajstić information content (AvgIpc) is 2.46. The molecule has 2 rings (SSSR count). The maximum absolute atomic E-state index is 12.5. The fraction of sp³-hybridized carbons (Fsp3) is 0.625. The normalized spacial score (nSPS) is 22.6. The van der Waals surface area contributed by atoms with Gasteiger partial charge in [0.25, 0.3) is 5.91 Å². The van der Waals surface area contributed by atoms with Crippen LogP contribution in [0.2, 0.25) is 5.02 Å². The number of aromatic nitrogens is 1. The second-order valence-electron chi connectivity index (χ2n) is 5.80. The van der Waals surface area contributed by atoms with E-state index in [9.17, 15) is 4.79 Å². The first-order valence-electron chi connectivity index (χ1n) is 7.42. The Morgan fingerprint density at radius 2 is 2.05 bits per heavy atom. The summed E-state index contributed by atoms with van der Waals surface area (Å²) in [4.78, 5) is 18.6. The van der Waals surface area contributed by atoms with E-state index >= 15 is 0 Å². The van der Waals surface area contributed by atoms with Crippen LogP contribution in [-0.4, -0.2) is 28.9 Å². The van der Waals surface area contributed by atoms with Gasteiger partial charge in [0, 0.05) is 25.0 Å². The van der Waals surface area contributed by atoms with Crippen LogP contribution < -0.4 is 0 Å². The van der Waals surface area contributed by atoms with Crippen molar-refractivity contribution >= 4 is 17.5 Å². The number of hydrogen-bond acceptors (Lipinski definition) is 2. The van der Waals surface area contributed by atoms with E-state index in [1.54, 1.807) is 12.3 Å². The molecule has 0 bridgehead atoms. The third-order valence-corrected chi connectivity index (χ3v) is 4.80. The van der Waals surface area contributed by atoms with Gasteiger partial charge in [0.1, 0.15) is 0 Å². The first kappa shape index (κ1) is 15.3. The van der Waals surface area contributed by atoms with Gasteiger partial charge in [-0.15, -0.1) is 0 Å². The Kier molecular flexibility index (Phi) is 5.03. The summed E-state index contributed by atoms with van der Waals surface area (Å²) in [6.45, 7) is 4.12. The average molecular weight is 295 g/mol. The highest BCUT2D eigenvalue weighted by Crippen LogP contribution is 2.30. The second kappa shape index (κ2) is 6.57. The highest BCUT2D eigenvalue weighted by Gasteiger charge is 2.27. The third kappa shape index (κ3) is 3.32. The number of hydrogen-bond donors (Lipinski definition) is 0. The minimum absolute atomic E-state index is 0.0116. The number of amides is 1. The Labute approximate surface area is 126 Å². The summed E-state index contributed by atoms with van der Waals surface area (Å²) in [5, 5.41) is 0.497. The Morgan fingerprint density at radius 3 is 2.60 bits per heavy atom. The maximum atomic E-state index is 12.5. The molecule has 0 saturated heterocycles. The summed E-state index contributed by atoms with van der Waals surface area (Å²) in [6.07, 6.45) is 7.47. The zero-order chi connectivity index (χ0) is 14.7. The van der Waals surface area contributed by atoms with Crippen LogP contribution in [0.3, 0.4) is 0 Å². The zero-order valence-corrected chi connectivity index (χ0v) is 13.3. The standard InChI is InChI=1S/C16H23ClN2O/c1-4-12-5-7-13(8-6-12)19(3)16(20)14-10-18-11(2)9-15(14)17/h9-10,12-13H,4-8H2,1-3H3. The predicted octanol–water partition coefficient (Wildman–Crippen LogP) is 4.08. The number of rotatable bonds is 3. The van der Waals surface area contributed by atoms with Gasteiger partial charge >= 0.3 is 0 Å². The van der Waals surface area contributed by atoms with Crippen molar-refractivity contribution in [3.05, 3.63) is 28.5 Å². The largest absolute Gasteiger partial charge is 0.339 e. The summed E-state index contributed by atoms with van der Waals surface area (Å²) in [5.74, 6) is 0.821. The quantitative estimate of drug-likeness (QED) is 0.841. The van der Waals surface area contributed by atoms with Gasteiger partial charge in [0.2, 0.25) is 0 Å². The van der Waals surface area contributed by atoms with Crippen molar-refractivity contribution in [2.75, 3.05) is 7.05 Å². The number of nitrogens with zero attached hydrogens (tertiary/aromatic N) is 2. The van der Waals surface area contributed by atoms with E-state index in [0.717, 1.165) is 24.5 Å². The molecule has 0 atom stereocenters. The van der Waals surface area contributed by atoms with Crippen molar-refractivity contribution < 1.29 is 4.79 Å². The summed E-state index contributed by atoms with van der Waals surface area (Å²) < 4.78 is 0. The molecule has 0 N–H and O–H groups in total. The van der Waals surface area contributed by atoms with Crippen molar-refractivity contribution in [2.24, 2.45) is 5.92 Å². The molecule has 1 heterocycles. The van der Waals surface area contributed by atoms with Crippen molar-refractivity contribution in [1.29, 1.82) is 0 Å². The minimum Gasteiger partial charge on any atom is -0.339 e. The van der Waals surface area contributed by atoms with Crippen molar-refractivity contribution in [1.82, 2.24) is 9.88 Å². The fourth-order valence-corrected chi connectivity index (χ4v) is 3.27. The van der Waals surface area contributed by atoms with Crippen LogP contribution in [0.4, 0.5) is 0 Å². The molecule has 1 aliphatic carbocycles. The van der Waals surface area contributed by atoms with E-state index in [4.69, 9.17) is 11.6 Å². The van der Waals surface area contributed by atoms with E-state index in [1.165, 1.54) is 19.3 Å². The lowest BCUT2D eigenvalue weighted by Gasteiger charge is -2.34. The molecule has 4 heteroatoms. The monoisotopic (exact) mass is 294 g/mol. The van der Waals surface area contributed by atoms with Gasteiger partial charge in [0.05, 0.1) is 10.6 Å². The van der Waals surface area contributed by atoms with Crippen LogP contribution in [0, 0.1) is 12.8 Å². The molecule has 20 heavy (non-hydrogen) atoms. The van der Waals surface area contributed by atoms with Gasteiger partial charge in [-0.1, -0.05) is 24.9 Å². The SMILES string of the molecule is CCC1CCC(N(C)C(=O)c2cnc(C)cc2Cl)CC1. The number of aryl methyl sites for hydroxylation is 1. The Morgan fingerprint density at radius 1 is 1.40 bits per heavy atom. The van der Waals surface area contributed by atoms with Crippen LogP contribution in [0.15, 0.2) is 12.3 Å². The Balaban J connectivity index is 2.05. The molecule has 1 fully saturated rings. The molecule has 1 aromatic heterocycles. The molecule has 1 aromatic rings. The van der Waals surface area contributed by atoms with E-state index in [0.29, 0.717) is 16.6 Å². The molecule has 110 valence electrons. The second-order valence-corrected chi connectivity index (χ2v) is 6.21. The van der Waals surface area contributed by atoms with Crippen LogP contribution in [0.5, 0.6) is 0 Å². The lowest BCUT2D eigenvalue weighted by atomic mass is 9.84. The molecule has 3 nitrogen and oxygen atoms in total. The molecule has 1 saturated carbocycles. The Hall–Kier alpha value is -1.09. The molecule has 1 amide bonds. The summed E-state index contributed by atoms with van der Waals surface area (Å²) in [6, 6.07) is 2.08. The van der Waals surface area contributed by atoms with E-state index in [-0.39, 0.29) is 5.91 Å². The smallest absolute Gasteiger partial charge is 0.256 e. The van der Waals surface area contributed by atoms with E-state index in [1.807, 2.05) is 18.9 Å². The third-order valence-electron chi connectivity index (χ3n) is 4.48. The van der Waals surface area contributed by atoms with Gasteiger partial charge in [-0.25, -0.2) is 0 Å². The fourth-order valence-electron chi connectivity index (χ4n) is 2.98. The van der Waals surface area contributed by atoms with Crippen LogP contribution >= 0.6 is 11.6 Å². The molecule has 0 unspecified atom stereocenters. The molecule has 1 aliphatic rings. The summed E-state index contributed by atoms with van der Waals surface area (Å²) in [7, 11) is 1.88. The number of pyridine rings is 1. The number of halogens is 1. The van der Waals surface area contributed by atoms with Crippen LogP contribution in [0.1, 0.15) is 55.1 Å². The first-order chi connectivity index (χ1) is 9.52. The van der Waals surface area contributed by atoms with Crippen molar-refractivity contribution in [3.8, 4) is 0 Å². The highest BCUT2D eigenvalue weighted by molar-refractivity contribution is 6.33. The lowest BCUT2D eigenvalue weighted by Crippen LogP contribution is -2.39. The van der Waals surface area contributed by atoms with Crippen LogP contribution in [-0.2, 0) is 0 Å². The summed E-state index contributed by atoms with van der Waals surface area (Å²) >= 11 is 6.17. The van der Waals surface area contributed by atoms with Gasteiger partial charge < -0.3 is 4.90 Å². The highest BCUT2D eigenvalue weighted by atomic mass is 35.5. The molecular weight excluding hydrogens is 272 g/mol. The van der Waals surface area contributed by atoms with Crippen molar-refractivity contribution in [2.45, 2.75) is 52.0 Å². The molecular formula is C16H23ClN2O. The summed E-state index contributed by atoms with van der Waals surface area (Å²) in [5.41, 5.74) is 1.34. The topological polar surface area (TPSA) is 33.2 Å². The number of carbonyl (C=O) groups excluding carboxylic acids is 1. The number of carbonyl (C=O) groups is 1. The molecule has 0 aliphatic heterocycles. The molecule has 0 radical (unpaired) electrons. The van der Waals surface area contributed by atoms with Gasteiger partial charge in [0.15, 0.2) is 0 Å². The van der Waals surface area contributed by atoms with Gasteiger partial charge in [-0.3, -0.25) is 9.78 Å². The lowest BCUT2D eigenvalue weighted by molar-refractivity contribution is 0.0674. The van der Waals surface area contributed by atoms with E-state index < -0.39 is 0 Å². The van der Waals surface area contributed by atoms with Crippen LogP contribution in [0.25, 0.3) is 0 Å². The minimum atomic E-state index is -0.0116. The Bertz CT molecular complexity index is 481. The first-order valence-corrected chi connectivity index (χ1v) is 7.80. The van der Waals surface area contributed by atoms with Gasteiger partial charge in [-0.2, -0.15) is 0 Å². The maximum Gasteiger partial charge on any atom is 0.256 e. The van der Waals surface area contributed by atoms with Crippen molar-refractivity contribution in [3.63, 3.8) is 0 Å². The zero-order valence-electron chi connectivity index (χ0n) is 12.5. The predicted molar refractivity (Wildman–Crippen MR) is 82.1 cm³/mol. The van der Waals surface area contributed by atoms with Gasteiger partial charge in [-0.05, 0) is 44.6 Å². The molecule has 0 aromatic carbocycles. The molecule has 0 spiro atoms.